The molecule has 0 spiro atoms. The lowest BCUT2D eigenvalue weighted by Crippen LogP contribution is -1.86. The first-order chi connectivity index (χ1) is 5.27. The van der Waals surface area contributed by atoms with Gasteiger partial charge >= 0.3 is 0 Å². The molecule has 0 atom stereocenters. The second kappa shape index (κ2) is 2.98. The molecule has 1 heterocycles. The van der Waals surface area contributed by atoms with E-state index in [-0.39, 0.29) is 0 Å². The van der Waals surface area contributed by atoms with Crippen LogP contribution in [0.4, 0.5) is 0 Å². The zero-order valence-electron chi connectivity index (χ0n) is 6.33. The van der Waals surface area contributed by atoms with E-state index in [0.717, 1.165) is 11.3 Å². The monoisotopic (exact) mass is 144 g/mol. The number of aryl methyl sites for hydroxylation is 1. The summed E-state index contributed by atoms with van der Waals surface area (Å²) in [5.41, 5.74) is 2.37. The molecule has 2 nitrogen and oxygen atoms in total. The van der Waals surface area contributed by atoms with Crippen LogP contribution in [0.5, 0.6) is 0 Å². The topological polar surface area (TPSA) is 36.7 Å². The highest BCUT2D eigenvalue weighted by Crippen LogP contribution is 2.06. The van der Waals surface area contributed by atoms with Gasteiger partial charge in [-0.1, -0.05) is 6.58 Å². The second-order valence-corrected chi connectivity index (χ2v) is 2.24. The Bertz CT molecular complexity index is 321. The summed E-state index contributed by atoms with van der Waals surface area (Å²) in [6, 6.07) is 3.89. The standard InChI is InChI=1S/C9H8N2/c1-3-9-4-7(2)8(5-10)6-11-9/h3-4,6H,1H2,2H3. The van der Waals surface area contributed by atoms with Crippen LogP contribution in [0.25, 0.3) is 6.08 Å². The molecule has 0 bridgehead atoms. The maximum absolute atomic E-state index is 8.57. The summed E-state index contributed by atoms with van der Waals surface area (Å²) in [4.78, 5) is 3.99. The van der Waals surface area contributed by atoms with Gasteiger partial charge in [-0.2, -0.15) is 5.26 Å². The lowest BCUT2D eigenvalue weighted by Gasteiger charge is -1.96. The average molecular weight is 144 g/mol. The molecule has 0 aliphatic heterocycles. The van der Waals surface area contributed by atoms with Gasteiger partial charge in [0.05, 0.1) is 11.3 Å². The van der Waals surface area contributed by atoms with Crippen LogP contribution in [0.1, 0.15) is 16.8 Å². The zero-order chi connectivity index (χ0) is 8.27. The summed E-state index contributed by atoms with van der Waals surface area (Å²) in [5.74, 6) is 0. The van der Waals surface area contributed by atoms with Crippen LogP contribution < -0.4 is 0 Å². The van der Waals surface area contributed by atoms with E-state index in [0.29, 0.717) is 5.56 Å². The first-order valence-electron chi connectivity index (χ1n) is 3.27. The number of pyridine rings is 1. The smallest absolute Gasteiger partial charge is 0.101 e. The van der Waals surface area contributed by atoms with Crippen molar-refractivity contribution >= 4 is 6.08 Å². The van der Waals surface area contributed by atoms with Crippen LogP contribution in [0.15, 0.2) is 18.8 Å². The minimum atomic E-state index is 0.621. The highest BCUT2D eigenvalue weighted by molar-refractivity contribution is 5.46. The van der Waals surface area contributed by atoms with Crippen molar-refractivity contribution in [2.45, 2.75) is 6.92 Å². The van der Waals surface area contributed by atoms with Gasteiger partial charge in [0, 0.05) is 6.20 Å². The van der Waals surface area contributed by atoms with E-state index < -0.39 is 0 Å². The molecule has 54 valence electrons. The van der Waals surface area contributed by atoms with E-state index in [1.165, 1.54) is 0 Å². The molecule has 0 amide bonds. The Hall–Kier alpha value is -1.62. The van der Waals surface area contributed by atoms with E-state index in [4.69, 9.17) is 5.26 Å². The minimum Gasteiger partial charge on any atom is -0.256 e. The molecule has 1 aromatic heterocycles. The van der Waals surface area contributed by atoms with E-state index in [9.17, 15) is 0 Å². The molecule has 0 fully saturated rings. The van der Waals surface area contributed by atoms with Gasteiger partial charge < -0.3 is 0 Å². The summed E-state index contributed by atoms with van der Waals surface area (Å²) in [6.45, 7) is 5.46. The minimum absolute atomic E-state index is 0.621. The Morgan fingerprint density at radius 1 is 1.73 bits per heavy atom. The number of hydrogen-bond donors (Lipinski definition) is 0. The fourth-order valence-corrected chi connectivity index (χ4v) is 0.806. The molecule has 0 N–H and O–H groups in total. The molecule has 0 aromatic carbocycles. The van der Waals surface area contributed by atoms with E-state index in [2.05, 4.69) is 11.6 Å². The van der Waals surface area contributed by atoms with Gasteiger partial charge in [0.2, 0.25) is 0 Å². The van der Waals surface area contributed by atoms with Crippen LogP contribution in [0, 0.1) is 18.3 Å². The predicted molar refractivity (Wildman–Crippen MR) is 43.8 cm³/mol. The van der Waals surface area contributed by atoms with Crippen LogP contribution >= 0.6 is 0 Å². The summed E-state index contributed by atoms with van der Waals surface area (Å²) in [7, 11) is 0. The first kappa shape index (κ1) is 7.49. The maximum Gasteiger partial charge on any atom is 0.101 e. The van der Waals surface area contributed by atoms with Crippen molar-refractivity contribution in [2.24, 2.45) is 0 Å². The number of nitriles is 1. The average Bonchev–Trinajstić information content (AvgIpc) is 2.04. The van der Waals surface area contributed by atoms with Crippen molar-refractivity contribution in [3.05, 3.63) is 35.7 Å². The molecule has 0 saturated carbocycles. The van der Waals surface area contributed by atoms with Gasteiger partial charge in [-0.15, -0.1) is 0 Å². The number of rotatable bonds is 1. The molecule has 0 aliphatic carbocycles. The predicted octanol–water partition coefficient (Wildman–Crippen LogP) is 1.90. The summed E-state index contributed by atoms with van der Waals surface area (Å²) >= 11 is 0. The summed E-state index contributed by atoms with van der Waals surface area (Å²) in [5, 5.41) is 8.57. The van der Waals surface area contributed by atoms with E-state index in [1.807, 2.05) is 19.1 Å². The van der Waals surface area contributed by atoms with Crippen molar-refractivity contribution in [1.29, 1.82) is 5.26 Å². The third-order valence-corrected chi connectivity index (χ3v) is 1.46. The molecule has 1 rings (SSSR count). The van der Waals surface area contributed by atoms with Crippen molar-refractivity contribution in [3.8, 4) is 6.07 Å². The van der Waals surface area contributed by atoms with E-state index in [1.54, 1.807) is 12.3 Å². The molecule has 0 radical (unpaired) electrons. The molecule has 11 heavy (non-hydrogen) atoms. The van der Waals surface area contributed by atoms with Crippen LogP contribution in [-0.2, 0) is 0 Å². The Kier molecular flexibility index (Phi) is 2.03. The van der Waals surface area contributed by atoms with Gasteiger partial charge in [-0.25, -0.2) is 0 Å². The highest BCUT2D eigenvalue weighted by atomic mass is 14.7. The molecule has 0 unspecified atom stereocenters. The van der Waals surface area contributed by atoms with Crippen LogP contribution in [-0.4, -0.2) is 4.98 Å². The Labute approximate surface area is 65.8 Å². The molecule has 0 aliphatic rings. The Morgan fingerprint density at radius 2 is 2.45 bits per heavy atom. The van der Waals surface area contributed by atoms with Crippen LogP contribution in [0.3, 0.4) is 0 Å². The van der Waals surface area contributed by atoms with Crippen LogP contribution in [0.2, 0.25) is 0 Å². The lowest BCUT2D eigenvalue weighted by molar-refractivity contribution is 1.23. The molecular formula is C9H8N2. The van der Waals surface area contributed by atoms with Crippen molar-refractivity contribution in [2.75, 3.05) is 0 Å². The first-order valence-corrected chi connectivity index (χ1v) is 3.27. The van der Waals surface area contributed by atoms with E-state index >= 15 is 0 Å². The van der Waals surface area contributed by atoms with Crippen molar-refractivity contribution in [3.63, 3.8) is 0 Å². The highest BCUT2D eigenvalue weighted by Gasteiger charge is 1.96. The third kappa shape index (κ3) is 1.44. The summed E-state index contributed by atoms with van der Waals surface area (Å²) in [6.07, 6.45) is 3.22. The zero-order valence-corrected chi connectivity index (χ0v) is 6.33. The second-order valence-electron chi connectivity index (χ2n) is 2.24. The largest absolute Gasteiger partial charge is 0.256 e. The van der Waals surface area contributed by atoms with Gasteiger partial charge in [0.15, 0.2) is 0 Å². The number of hydrogen-bond acceptors (Lipinski definition) is 2. The van der Waals surface area contributed by atoms with Gasteiger partial charge in [-0.3, -0.25) is 4.98 Å². The number of aromatic nitrogens is 1. The third-order valence-electron chi connectivity index (χ3n) is 1.46. The quantitative estimate of drug-likeness (QED) is 0.603. The molecule has 1 aromatic rings. The maximum atomic E-state index is 8.57. The molecule has 2 heteroatoms. The van der Waals surface area contributed by atoms with Gasteiger partial charge in [-0.05, 0) is 24.6 Å². The Balaban J connectivity index is 3.22. The normalized spacial score (nSPS) is 8.73. The SMILES string of the molecule is C=Cc1cc(C)c(C#N)cn1. The van der Waals surface area contributed by atoms with Crippen molar-refractivity contribution < 1.29 is 0 Å². The van der Waals surface area contributed by atoms with Gasteiger partial charge in [0.1, 0.15) is 6.07 Å². The lowest BCUT2D eigenvalue weighted by atomic mass is 10.1. The number of nitrogens with zero attached hydrogens (tertiary/aromatic N) is 2. The fourth-order valence-electron chi connectivity index (χ4n) is 0.806. The molecular weight excluding hydrogens is 136 g/mol. The Morgan fingerprint density at radius 3 is 2.91 bits per heavy atom. The van der Waals surface area contributed by atoms with Gasteiger partial charge in [0.25, 0.3) is 0 Å². The molecule has 0 saturated heterocycles. The summed E-state index contributed by atoms with van der Waals surface area (Å²) < 4.78 is 0. The fraction of sp³-hybridized carbons (Fsp3) is 0.111. The van der Waals surface area contributed by atoms with Crippen molar-refractivity contribution in [1.82, 2.24) is 4.98 Å².